The van der Waals surface area contributed by atoms with E-state index >= 15 is 0 Å². The fourth-order valence-electron chi connectivity index (χ4n) is 2.96. The smallest absolute Gasteiger partial charge is 0.0792 e. The number of hydrogen-bond donors (Lipinski definition) is 1. The summed E-state index contributed by atoms with van der Waals surface area (Å²) in [5.74, 6) is 3.20. The van der Waals surface area contributed by atoms with Crippen molar-refractivity contribution in [2.75, 3.05) is 11.5 Å². The molecule has 1 aliphatic rings. The van der Waals surface area contributed by atoms with Gasteiger partial charge in [-0.25, -0.2) is 0 Å². The number of aliphatic hydroxyl groups is 1. The lowest BCUT2D eigenvalue weighted by Crippen LogP contribution is -2.13. The van der Waals surface area contributed by atoms with Crippen LogP contribution >= 0.6 is 11.8 Å². The van der Waals surface area contributed by atoms with Crippen molar-refractivity contribution in [3.8, 4) is 11.1 Å². The van der Waals surface area contributed by atoms with E-state index in [1.165, 1.54) is 35.5 Å². The molecule has 1 N–H and O–H groups in total. The molecule has 1 atom stereocenters. The Bertz CT molecular complexity index is 544. The molecule has 21 heavy (non-hydrogen) atoms. The summed E-state index contributed by atoms with van der Waals surface area (Å²) >= 11 is 2.04. The van der Waals surface area contributed by atoms with Gasteiger partial charge in [0.1, 0.15) is 0 Å². The molecule has 2 aromatic rings. The van der Waals surface area contributed by atoms with E-state index in [1.54, 1.807) is 0 Å². The Balaban J connectivity index is 1.66. The van der Waals surface area contributed by atoms with Crippen LogP contribution in [0.25, 0.3) is 11.1 Å². The normalized spacial score (nSPS) is 17.6. The molecule has 0 radical (unpaired) electrons. The molecule has 0 amide bonds. The molecule has 110 valence electrons. The zero-order chi connectivity index (χ0) is 14.5. The average molecular weight is 298 g/mol. The molecule has 1 aliphatic heterocycles. The van der Waals surface area contributed by atoms with Crippen LogP contribution in [0, 0.1) is 5.92 Å². The average Bonchev–Trinajstić information content (AvgIpc) is 2.57. The molecule has 0 aromatic heterocycles. The Morgan fingerprint density at radius 1 is 0.905 bits per heavy atom. The van der Waals surface area contributed by atoms with Gasteiger partial charge in [-0.2, -0.15) is 11.8 Å². The van der Waals surface area contributed by atoms with Crippen molar-refractivity contribution in [3.63, 3.8) is 0 Å². The third-order valence-electron chi connectivity index (χ3n) is 4.30. The van der Waals surface area contributed by atoms with Crippen LogP contribution in [-0.2, 0) is 0 Å². The maximum atomic E-state index is 10.4. The Labute approximate surface area is 131 Å². The lowest BCUT2D eigenvalue weighted by Gasteiger charge is -2.24. The van der Waals surface area contributed by atoms with E-state index in [-0.39, 0.29) is 6.10 Å². The molecule has 1 unspecified atom stereocenters. The molecular weight excluding hydrogens is 276 g/mol. The summed E-state index contributed by atoms with van der Waals surface area (Å²) in [6.07, 6.45) is 3.10. The Hall–Kier alpha value is -1.25. The molecule has 3 rings (SSSR count). The van der Waals surface area contributed by atoms with Crippen LogP contribution in [0.5, 0.6) is 0 Å². The standard InChI is InChI=1S/C19H22OS/c20-19(14-15-10-12-21-13-11-15)18-8-6-17(7-9-18)16-4-2-1-3-5-16/h1-9,15,19-20H,10-14H2. The van der Waals surface area contributed by atoms with Crippen LogP contribution < -0.4 is 0 Å². The summed E-state index contributed by atoms with van der Waals surface area (Å²) < 4.78 is 0. The highest BCUT2D eigenvalue weighted by Crippen LogP contribution is 2.31. The third-order valence-corrected chi connectivity index (χ3v) is 5.35. The van der Waals surface area contributed by atoms with E-state index in [0.717, 1.165) is 12.0 Å². The van der Waals surface area contributed by atoms with Crippen molar-refractivity contribution in [2.24, 2.45) is 5.92 Å². The summed E-state index contributed by atoms with van der Waals surface area (Å²) in [7, 11) is 0. The molecule has 0 spiro atoms. The molecule has 1 nitrogen and oxygen atoms in total. The maximum Gasteiger partial charge on any atom is 0.0792 e. The largest absolute Gasteiger partial charge is 0.388 e. The van der Waals surface area contributed by atoms with Crippen LogP contribution in [0.4, 0.5) is 0 Å². The van der Waals surface area contributed by atoms with Gasteiger partial charge in [-0.15, -0.1) is 0 Å². The third kappa shape index (κ3) is 3.90. The molecular formula is C19H22OS. The van der Waals surface area contributed by atoms with Crippen LogP contribution in [0.15, 0.2) is 54.6 Å². The summed E-state index contributed by atoms with van der Waals surface area (Å²) in [6.45, 7) is 0. The van der Waals surface area contributed by atoms with Crippen molar-refractivity contribution in [3.05, 3.63) is 60.2 Å². The van der Waals surface area contributed by atoms with E-state index in [2.05, 4.69) is 48.5 Å². The molecule has 2 aromatic carbocycles. The Kier molecular flexibility index (Phi) is 5.00. The number of rotatable bonds is 4. The van der Waals surface area contributed by atoms with Gasteiger partial charge in [-0.3, -0.25) is 0 Å². The van der Waals surface area contributed by atoms with Crippen molar-refractivity contribution in [1.29, 1.82) is 0 Å². The van der Waals surface area contributed by atoms with Crippen LogP contribution in [0.1, 0.15) is 30.9 Å². The zero-order valence-corrected chi connectivity index (χ0v) is 13.1. The number of hydrogen-bond acceptors (Lipinski definition) is 2. The first kappa shape index (κ1) is 14.7. The molecule has 1 heterocycles. The fraction of sp³-hybridized carbons (Fsp3) is 0.368. The van der Waals surface area contributed by atoms with Gasteiger partial charge >= 0.3 is 0 Å². The van der Waals surface area contributed by atoms with Gasteiger partial charge in [0.25, 0.3) is 0 Å². The van der Waals surface area contributed by atoms with Gasteiger partial charge in [0, 0.05) is 0 Å². The minimum absolute atomic E-state index is 0.317. The van der Waals surface area contributed by atoms with E-state index in [0.29, 0.717) is 5.92 Å². The van der Waals surface area contributed by atoms with Gasteiger partial charge in [-0.05, 0) is 53.4 Å². The number of aliphatic hydroxyl groups excluding tert-OH is 1. The monoisotopic (exact) mass is 298 g/mol. The highest BCUT2D eigenvalue weighted by Gasteiger charge is 2.18. The van der Waals surface area contributed by atoms with Crippen LogP contribution in [0.2, 0.25) is 0 Å². The highest BCUT2D eigenvalue weighted by atomic mass is 32.2. The van der Waals surface area contributed by atoms with Crippen LogP contribution in [0.3, 0.4) is 0 Å². The van der Waals surface area contributed by atoms with Gasteiger partial charge in [-0.1, -0.05) is 54.6 Å². The second kappa shape index (κ2) is 7.15. The Morgan fingerprint density at radius 3 is 2.19 bits per heavy atom. The lowest BCUT2D eigenvalue weighted by atomic mass is 9.92. The Morgan fingerprint density at radius 2 is 1.52 bits per heavy atom. The SMILES string of the molecule is OC(CC1CCSCC1)c1ccc(-c2ccccc2)cc1. The minimum Gasteiger partial charge on any atom is -0.388 e. The van der Waals surface area contributed by atoms with E-state index < -0.39 is 0 Å². The lowest BCUT2D eigenvalue weighted by molar-refractivity contribution is 0.141. The van der Waals surface area contributed by atoms with Gasteiger partial charge in [0.15, 0.2) is 0 Å². The summed E-state index contributed by atoms with van der Waals surface area (Å²) in [6, 6.07) is 18.8. The predicted octanol–water partition coefficient (Wildman–Crippen LogP) is 4.92. The zero-order valence-electron chi connectivity index (χ0n) is 12.2. The molecule has 0 aliphatic carbocycles. The molecule has 1 fully saturated rings. The molecule has 1 saturated heterocycles. The van der Waals surface area contributed by atoms with E-state index in [1.807, 2.05) is 17.8 Å². The maximum absolute atomic E-state index is 10.4. The first-order chi connectivity index (χ1) is 10.3. The predicted molar refractivity (Wildman–Crippen MR) is 91.5 cm³/mol. The first-order valence-electron chi connectivity index (χ1n) is 7.74. The minimum atomic E-state index is -0.317. The molecule has 2 heteroatoms. The van der Waals surface area contributed by atoms with Crippen LogP contribution in [-0.4, -0.2) is 16.6 Å². The van der Waals surface area contributed by atoms with E-state index in [4.69, 9.17) is 0 Å². The molecule has 0 saturated carbocycles. The topological polar surface area (TPSA) is 20.2 Å². The van der Waals surface area contributed by atoms with E-state index in [9.17, 15) is 5.11 Å². The quantitative estimate of drug-likeness (QED) is 0.864. The van der Waals surface area contributed by atoms with Crippen molar-refractivity contribution < 1.29 is 5.11 Å². The highest BCUT2D eigenvalue weighted by molar-refractivity contribution is 7.99. The van der Waals surface area contributed by atoms with Crippen molar-refractivity contribution in [2.45, 2.75) is 25.4 Å². The second-order valence-electron chi connectivity index (χ2n) is 5.80. The van der Waals surface area contributed by atoms with Crippen molar-refractivity contribution >= 4 is 11.8 Å². The second-order valence-corrected chi connectivity index (χ2v) is 7.02. The summed E-state index contributed by atoms with van der Waals surface area (Å²) in [5, 5.41) is 10.4. The first-order valence-corrected chi connectivity index (χ1v) is 8.89. The van der Waals surface area contributed by atoms with Gasteiger partial charge < -0.3 is 5.11 Å². The number of thioether (sulfide) groups is 1. The van der Waals surface area contributed by atoms with Gasteiger partial charge in [0.05, 0.1) is 6.10 Å². The number of benzene rings is 2. The summed E-state index contributed by atoms with van der Waals surface area (Å²) in [4.78, 5) is 0. The fourth-order valence-corrected chi connectivity index (χ4v) is 4.17. The summed E-state index contributed by atoms with van der Waals surface area (Å²) in [5.41, 5.74) is 3.48. The van der Waals surface area contributed by atoms with Gasteiger partial charge in [0.2, 0.25) is 0 Å². The van der Waals surface area contributed by atoms with Crippen molar-refractivity contribution in [1.82, 2.24) is 0 Å². The molecule has 0 bridgehead atoms.